The van der Waals surface area contributed by atoms with Gasteiger partial charge in [0.15, 0.2) is 0 Å². The Kier molecular flexibility index (Phi) is 3.89. The summed E-state index contributed by atoms with van der Waals surface area (Å²) in [5.41, 5.74) is -0.149. The Morgan fingerprint density at radius 2 is 2.10 bits per heavy atom. The Labute approximate surface area is 112 Å². The highest BCUT2D eigenvalue weighted by Gasteiger charge is 2.26. The molecule has 4 nitrogen and oxygen atoms in total. The molecule has 102 valence electrons. The predicted molar refractivity (Wildman–Crippen MR) is 66.2 cm³/mol. The number of aromatic nitrogens is 2. The molecule has 2 aromatic rings. The van der Waals surface area contributed by atoms with E-state index in [9.17, 15) is 12.9 Å². The minimum Gasteiger partial charge on any atom is -0.487 e. The predicted octanol–water partition coefficient (Wildman–Crippen LogP) is 1.98. The van der Waals surface area contributed by atoms with Gasteiger partial charge in [0.05, 0.1) is 6.20 Å². The normalized spacial score (nSPS) is 10.9. The van der Waals surface area contributed by atoms with Crippen LogP contribution in [-0.2, 0) is 6.61 Å². The third-order valence-electron chi connectivity index (χ3n) is 2.50. The van der Waals surface area contributed by atoms with E-state index < -0.39 is 12.4 Å². The van der Waals surface area contributed by atoms with Gasteiger partial charge in [-0.25, -0.2) is 4.98 Å². The quantitative estimate of drug-likeness (QED) is 0.802. The van der Waals surface area contributed by atoms with E-state index in [-0.39, 0.29) is 18.1 Å². The van der Waals surface area contributed by atoms with Gasteiger partial charge in [0.1, 0.15) is 24.1 Å². The lowest BCUT2D eigenvalue weighted by atomic mass is 9.81. The second kappa shape index (κ2) is 5.61. The van der Waals surface area contributed by atoms with Crippen molar-refractivity contribution in [3.8, 4) is 11.8 Å². The summed E-state index contributed by atoms with van der Waals surface area (Å²) in [6.07, 6.45) is 3.39. The molecular formula is C12H8BF3N3O-. The van der Waals surface area contributed by atoms with Gasteiger partial charge in [0, 0.05) is 18.0 Å². The van der Waals surface area contributed by atoms with Crippen molar-refractivity contribution in [2.75, 3.05) is 0 Å². The van der Waals surface area contributed by atoms with Crippen molar-refractivity contribution >= 4 is 12.4 Å². The van der Waals surface area contributed by atoms with Crippen LogP contribution in [-0.4, -0.2) is 16.9 Å². The van der Waals surface area contributed by atoms with E-state index in [1.165, 1.54) is 12.4 Å². The van der Waals surface area contributed by atoms with E-state index in [0.29, 0.717) is 5.56 Å². The maximum Gasteiger partial charge on any atom is 0.511 e. The Morgan fingerprint density at radius 3 is 2.80 bits per heavy atom. The zero-order valence-electron chi connectivity index (χ0n) is 10.1. The zero-order valence-corrected chi connectivity index (χ0v) is 10.1. The largest absolute Gasteiger partial charge is 0.511 e. The van der Waals surface area contributed by atoms with E-state index in [0.717, 1.165) is 12.3 Å². The number of hydrogen-bond donors (Lipinski definition) is 0. The maximum absolute atomic E-state index is 12.6. The molecule has 0 N–H and O–H groups in total. The van der Waals surface area contributed by atoms with Crippen molar-refractivity contribution in [2.24, 2.45) is 0 Å². The van der Waals surface area contributed by atoms with Gasteiger partial charge in [-0.1, -0.05) is 11.5 Å². The molecule has 0 radical (unpaired) electrons. The molecule has 0 fully saturated rings. The molecule has 0 saturated heterocycles. The highest BCUT2D eigenvalue weighted by atomic mass is 19.4. The first-order valence-electron chi connectivity index (χ1n) is 5.62. The molecule has 20 heavy (non-hydrogen) atoms. The molecule has 0 spiro atoms. The SMILES string of the molecule is N#Cc1ncccc1COc1cncc([B-](F)(F)F)c1. The lowest BCUT2D eigenvalue weighted by molar-refractivity contribution is 0.304. The van der Waals surface area contributed by atoms with Gasteiger partial charge in [-0.15, -0.1) is 0 Å². The van der Waals surface area contributed by atoms with Crippen LogP contribution in [0.4, 0.5) is 12.9 Å². The number of nitrogens with zero attached hydrogens (tertiary/aromatic N) is 3. The van der Waals surface area contributed by atoms with Gasteiger partial charge >= 0.3 is 6.98 Å². The molecule has 0 saturated carbocycles. The second-order valence-corrected chi connectivity index (χ2v) is 3.94. The standard InChI is InChI=1S/C12H8BF3N3O/c14-13(15,16)10-4-11(7-18-6-10)20-8-9-2-1-3-19-12(9)5-17/h1-4,6-7H,8H2/q-1. The van der Waals surface area contributed by atoms with Crippen molar-refractivity contribution in [2.45, 2.75) is 6.61 Å². The Hall–Kier alpha value is -2.56. The highest BCUT2D eigenvalue weighted by molar-refractivity contribution is 6.73. The van der Waals surface area contributed by atoms with Gasteiger partial charge in [-0.05, 0) is 12.1 Å². The third-order valence-corrected chi connectivity index (χ3v) is 2.50. The average molecular weight is 278 g/mol. The van der Waals surface area contributed by atoms with Crippen LogP contribution >= 0.6 is 0 Å². The minimum absolute atomic E-state index is 0.00515. The summed E-state index contributed by atoms with van der Waals surface area (Å²) >= 11 is 0. The molecule has 0 unspecified atom stereocenters. The molecule has 8 heteroatoms. The van der Waals surface area contributed by atoms with Crippen LogP contribution in [0.5, 0.6) is 5.75 Å². The molecule has 0 atom stereocenters. The molecule has 2 rings (SSSR count). The lowest BCUT2D eigenvalue weighted by Crippen LogP contribution is -2.34. The van der Waals surface area contributed by atoms with Crippen LogP contribution in [0.3, 0.4) is 0 Å². The summed E-state index contributed by atoms with van der Waals surface area (Å²) in [4.78, 5) is 7.33. The first kappa shape index (κ1) is 13.9. The molecular weight excluding hydrogens is 270 g/mol. The molecule has 0 aromatic carbocycles. The van der Waals surface area contributed by atoms with Crippen LogP contribution in [0.1, 0.15) is 11.3 Å². The van der Waals surface area contributed by atoms with Crippen molar-refractivity contribution in [3.05, 3.63) is 48.0 Å². The smallest absolute Gasteiger partial charge is 0.487 e. The molecule has 0 aliphatic carbocycles. The molecule has 0 aliphatic heterocycles. The summed E-state index contributed by atoms with van der Waals surface area (Å²) < 4.78 is 42.9. The highest BCUT2D eigenvalue weighted by Crippen LogP contribution is 2.15. The summed E-state index contributed by atoms with van der Waals surface area (Å²) in [6, 6.07) is 6.01. The second-order valence-electron chi connectivity index (χ2n) is 3.94. The molecule has 0 bridgehead atoms. The van der Waals surface area contributed by atoms with Gasteiger partial charge in [0.2, 0.25) is 0 Å². The Bertz CT molecular complexity index is 655. The topological polar surface area (TPSA) is 58.8 Å². The van der Waals surface area contributed by atoms with Gasteiger partial charge in [-0.2, -0.15) is 5.26 Å². The summed E-state index contributed by atoms with van der Waals surface area (Å²) in [6.45, 7) is -5.16. The van der Waals surface area contributed by atoms with Crippen molar-refractivity contribution in [1.29, 1.82) is 5.26 Å². The van der Waals surface area contributed by atoms with Crippen LogP contribution in [0.25, 0.3) is 0 Å². The number of hydrogen-bond acceptors (Lipinski definition) is 4. The molecule has 2 aromatic heterocycles. The van der Waals surface area contributed by atoms with Gasteiger partial charge in [-0.3, -0.25) is 4.98 Å². The van der Waals surface area contributed by atoms with E-state index in [4.69, 9.17) is 10.00 Å². The number of halogens is 3. The van der Waals surface area contributed by atoms with E-state index in [2.05, 4.69) is 9.97 Å². The number of rotatable bonds is 4. The monoisotopic (exact) mass is 278 g/mol. The van der Waals surface area contributed by atoms with E-state index in [1.807, 2.05) is 6.07 Å². The van der Waals surface area contributed by atoms with Crippen LogP contribution in [0.2, 0.25) is 0 Å². The molecule has 0 amide bonds. The van der Waals surface area contributed by atoms with Crippen LogP contribution < -0.4 is 10.2 Å². The zero-order chi connectivity index (χ0) is 14.6. The van der Waals surface area contributed by atoms with Crippen LogP contribution in [0.15, 0.2) is 36.8 Å². The number of nitriles is 1. The third kappa shape index (κ3) is 3.26. The van der Waals surface area contributed by atoms with E-state index >= 15 is 0 Å². The number of pyridine rings is 2. The fourth-order valence-electron chi connectivity index (χ4n) is 1.51. The first-order chi connectivity index (χ1) is 9.50. The van der Waals surface area contributed by atoms with Gasteiger partial charge in [0.25, 0.3) is 0 Å². The van der Waals surface area contributed by atoms with Crippen molar-refractivity contribution < 1.29 is 17.7 Å². The summed E-state index contributed by atoms with van der Waals surface area (Å²) in [7, 11) is 0. The van der Waals surface area contributed by atoms with Crippen molar-refractivity contribution in [1.82, 2.24) is 9.97 Å². The average Bonchev–Trinajstić information content (AvgIpc) is 2.45. The van der Waals surface area contributed by atoms with Crippen molar-refractivity contribution in [3.63, 3.8) is 0 Å². The Balaban J connectivity index is 2.14. The molecule has 2 heterocycles. The fourth-order valence-corrected chi connectivity index (χ4v) is 1.51. The van der Waals surface area contributed by atoms with Crippen LogP contribution in [0, 0.1) is 11.3 Å². The first-order valence-corrected chi connectivity index (χ1v) is 5.62. The Morgan fingerprint density at radius 1 is 1.30 bits per heavy atom. The molecule has 0 aliphatic rings. The fraction of sp³-hybridized carbons (Fsp3) is 0.0833. The summed E-state index contributed by atoms with van der Waals surface area (Å²) in [5, 5.41) is 8.84. The minimum atomic E-state index is -5.11. The lowest BCUT2D eigenvalue weighted by Gasteiger charge is -2.15. The summed E-state index contributed by atoms with van der Waals surface area (Å²) in [5.74, 6) is -0.00515. The van der Waals surface area contributed by atoms with Gasteiger partial charge < -0.3 is 17.7 Å². The van der Waals surface area contributed by atoms with E-state index in [1.54, 1.807) is 12.1 Å². The number of ether oxygens (including phenoxy) is 1. The maximum atomic E-state index is 12.6.